The molecule has 40 heavy (non-hydrogen) atoms. The fourth-order valence-corrected chi connectivity index (χ4v) is 4.46. The molecule has 1 unspecified atom stereocenters. The number of guanidine groups is 1. The minimum atomic E-state index is -0.644. The summed E-state index contributed by atoms with van der Waals surface area (Å²) in [5.41, 5.74) is 5.00. The zero-order chi connectivity index (χ0) is 29.2. The lowest BCUT2D eigenvalue weighted by molar-refractivity contribution is -0.122. The third-order valence-electron chi connectivity index (χ3n) is 6.00. The highest BCUT2D eigenvalue weighted by Crippen LogP contribution is 2.35. The zero-order valence-corrected chi connectivity index (χ0v) is 23.8. The van der Waals surface area contributed by atoms with Gasteiger partial charge in [-0.3, -0.25) is 9.59 Å². The monoisotopic (exact) mass is 560 g/mol. The molecular formula is C30H33ClN6O3. The molecule has 0 spiro atoms. The molecule has 1 amide bonds. The number of carboxylic acid groups (broad SMARTS) is 1. The molecule has 0 radical (unpaired) electrons. The van der Waals surface area contributed by atoms with E-state index in [-0.39, 0.29) is 12.4 Å². The second-order valence-corrected chi connectivity index (χ2v) is 9.79. The molecule has 4 rings (SSSR count). The van der Waals surface area contributed by atoms with Crippen molar-refractivity contribution in [3.8, 4) is 0 Å². The largest absolute Gasteiger partial charge is 0.483 e. The molecule has 1 atom stereocenters. The van der Waals surface area contributed by atoms with E-state index >= 15 is 0 Å². The van der Waals surface area contributed by atoms with Crippen molar-refractivity contribution in [1.29, 1.82) is 0 Å². The molecule has 208 valence electrons. The van der Waals surface area contributed by atoms with Crippen LogP contribution in [-0.2, 0) is 9.59 Å². The fraction of sp³-hybridized carbons (Fsp3) is 0.233. The quantitative estimate of drug-likeness (QED) is 0.164. The van der Waals surface area contributed by atoms with E-state index in [0.29, 0.717) is 39.8 Å². The maximum Gasteiger partial charge on any atom is 0.290 e. The van der Waals surface area contributed by atoms with Gasteiger partial charge >= 0.3 is 0 Å². The third-order valence-corrected chi connectivity index (χ3v) is 6.35. The highest BCUT2D eigenvalue weighted by atomic mass is 35.5. The number of rotatable bonds is 5. The van der Waals surface area contributed by atoms with E-state index in [4.69, 9.17) is 31.5 Å². The third kappa shape index (κ3) is 7.77. The first-order valence-electron chi connectivity index (χ1n) is 12.7. The Morgan fingerprint density at radius 1 is 1.10 bits per heavy atom. The number of carbonyl (C=O) groups excluding carboxylic acids is 1. The molecule has 1 aliphatic rings. The van der Waals surface area contributed by atoms with Gasteiger partial charge in [0.1, 0.15) is 17.7 Å². The number of amides is 1. The topological polar surface area (TPSA) is 128 Å². The van der Waals surface area contributed by atoms with Crippen LogP contribution in [0.15, 0.2) is 88.1 Å². The Labute approximate surface area is 239 Å². The summed E-state index contributed by atoms with van der Waals surface area (Å²) in [6.07, 6.45) is 1.66. The van der Waals surface area contributed by atoms with Gasteiger partial charge in [-0.25, -0.2) is 15.0 Å². The first-order chi connectivity index (χ1) is 19.1. The molecule has 2 heterocycles. The molecule has 0 fully saturated rings. The van der Waals surface area contributed by atoms with Crippen LogP contribution in [-0.4, -0.2) is 34.3 Å². The number of para-hydroxylation sites is 1. The molecule has 0 saturated heterocycles. The maximum absolute atomic E-state index is 13.4. The normalized spacial score (nSPS) is 14.9. The van der Waals surface area contributed by atoms with Gasteiger partial charge in [0.15, 0.2) is 0 Å². The van der Waals surface area contributed by atoms with E-state index in [1.807, 2.05) is 69.3 Å². The Hall–Kier alpha value is -4.50. The molecule has 10 heteroatoms. The summed E-state index contributed by atoms with van der Waals surface area (Å²) in [6, 6.07) is 18.6. The summed E-state index contributed by atoms with van der Waals surface area (Å²) in [4.78, 5) is 35.6. The van der Waals surface area contributed by atoms with Crippen molar-refractivity contribution < 1.29 is 14.7 Å². The molecule has 3 aromatic rings. The predicted octanol–water partition coefficient (Wildman–Crippen LogP) is 6.31. The molecule has 1 aliphatic heterocycles. The highest BCUT2D eigenvalue weighted by molar-refractivity contribution is 6.31. The van der Waals surface area contributed by atoms with Crippen LogP contribution in [0.4, 0.5) is 11.5 Å². The second-order valence-electron chi connectivity index (χ2n) is 9.38. The van der Waals surface area contributed by atoms with Crippen LogP contribution in [0.25, 0.3) is 0 Å². The van der Waals surface area contributed by atoms with Gasteiger partial charge in [-0.05, 0) is 62.1 Å². The lowest BCUT2D eigenvalue weighted by Crippen LogP contribution is -2.33. The van der Waals surface area contributed by atoms with Crippen molar-refractivity contribution in [2.45, 2.75) is 46.6 Å². The number of benzene rings is 2. The second kappa shape index (κ2) is 14.0. The van der Waals surface area contributed by atoms with Crippen molar-refractivity contribution in [3.63, 3.8) is 0 Å². The number of aliphatic imine (C=N–C) groups is 2. The van der Waals surface area contributed by atoms with Gasteiger partial charge in [-0.2, -0.15) is 0 Å². The SMILES string of the molecule is CC1=C(C(=O)Nc2cc(C)ccn2)C(c2ccccc2Cl)N=C(/N=C(/C)Nc2ccccc2C(C)C)N1.O=CO. The Morgan fingerprint density at radius 2 is 1.77 bits per heavy atom. The molecule has 0 bridgehead atoms. The van der Waals surface area contributed by atoms with E-state index < -0.39 is 6.04 Å². The maximum atomic E-state index is 13.4. The minimum Gasteiger partial charge on any atom is -0.483 e. The van der Waals surface area contributed by atoms with Crippen LogP contribution in [0.5, 0.6) is 0 Å². The number of hydrogen-bond donors (Lipinski definition) is 4. The van der Waals surface area contributed by atoms with Gasteiger partial charge < -0.3 is 21.1 Å². The van der Waals surface area contributed by atoms with Gasteiger partial charge in [0.2, 0.25) is 5.96 Å². The van der Waals surface area contributed by atoms with E-state index in [9.17, 15) is 4.79 Å². The van der Waals surface area contributed by atoms with Crippen LogP contribution in [0.3, 0.4) is 0 Å². The average molecular weight is 561 g/mol. The van der Waals surface area contributed by atoms with E-state index in [1.54, 1.807) is 12.3 Å². The van der Waals surface area contributed by atoms with Gasteiger partial charge in [0.05, 0.1) is 5.57 Å². The average Bonchev–Trinajstić information content (AvgIpc) is 2.89. The summed E-state index contributed by atoms with van der Waals surface area (Å²) in [6.45, 7) is 9.73. The van der Waals surface area contributed by atoms with Crippen LogP contribution in [0.2, 0.25) is 5.02 Å². The van der Waals surface area contributed by atoms with E-state index in [2.05, 4.69) is 40.8 Å². The summed E-state index contributed by atoms with van der Waals surface area (Å²) in [7, 11) is 0. The first-order valence-corrected chi connectivity index (χ1v) is 13.1. The summed E-state index contributed by atoms with van der Waals surface area (Å²) in [5, 5.41) is 16.9. The molecule has 1 aromatic heterocycles. The van der Waals surface area contributed by atoms with Gasteiger partial charge in [-0.1, -0.05) is 61.8 Å². The number of nitrogens with zero attached hydrogens (tertiary/aromatic N) is 3. The lowest BCUT2D eigenvalue weighted by atomic mass is 9.95. The lowest BCUT2D eigenvalue weighted by Gasteiger charge is -2.26. The van der Waals surface area contributed by atoms with Crippen LogP contribution < -0.4 is 16.0 Å². The summed E-state index contributed by atoms with van der Waals surface area (Å²) in [5.74, 6) is 1.59. The predicted molar refractivity (Wildman–Crippen MR) is 161 cm³/mol. The highest BCUT2D eigenvalue weighted by Gasteiger charge is 2.31. The summed E-state index contributed by atoms with van der Waals surface area (Å²) < 4.78 is 0. The van der Waals surface area contributed by atoms with Crippen LogP contribution >= 0.6 is 11.6 Å². The van der Waals surface area contributed by atoms with Crippen molar-refractivity contribution in [2.24, 2.45) is 9.98 Å². The molecule has 4 N–H and O–H groups in total. The number of nitrogens with one attached hydrogen (secondary N) is 3. The number of aromatic nitrogens is 1. The van der Waals surface area contributed by atoms with Crippen LogP contribution in [0.1, 0.15) is 56.3 Å². The van der Waals surface area contributed by atoms with Gasteiger partial charge in [0.25, 0.3) is 12.4 Å². The molecular weight excluding hydrogens is 528 g/mol. The zero-order valence-electron chi connectivity index (χ0n) is 23.1. The molecule has 9 nitrogen and oxygen atoms in total. The van der Waals surface area contributed by atoms with Gasteiger partial charge in [0, 0.05) is 28.2 Å². The number of halogens is 1. The first kappa shape index (κ1) is 30.0. The van der Waals surface area contributed by atoms with Crippen molar-refractivity contribution >= 4 is 47.3 Å². The van der Waals surface area contributed by atoms with Crippen LogP contribution in [0, 0.1) is 6.92 Å². The van der Waals surface area contributed by atoms with E-state index in [0.717, 1.165) is 16.8 Å². The standard InChI is InChI=1S/C29H31ClN6O.CH2O2/c1-17(2)21-10-7-9-13-24(21)33-20(5)34-29-32-19(4)26(27(36-29)22-11-6-8-12-23(22)30)28(37)35-25-16-18(3)14-15-31-25;2-1-3/h6-17,27H,1-5H3,(H,31,35,37)(H2,32,33,34,36);1H,(H,2,3). The smallest absolute Gasteiger partial charge is 0.290 e. The molecule has 0 saturated carbocycles. The number of hydrogen-bond acceptors (Lipinski definition) is 6. The van der Waals surface area contributed by atoms with Crippen molar-refractivity contribution in [1.82, 2.24) is 10.3 Å². The number of aryl methyl sites for hydroxylation is 1. The Morgan fingerprint density at radius 3 is 2.45 bits per heavy atom. The number of allylic oxidation sites excluding steroid dienone is 1. The minimum absolute atomic E-state index is 0.250. The Balaban J connectivity index is 0.00000141. The molecule has 2 aromatic carbocycles. The molecule has 0 aliphatic carbocycles. The van der Waals surface area contributed by atoms with E-state index in [1.165, 1.54) is 5.56 Å². The number of pyridine rings is 1. The van der Waals surface area contributed by atoms with Gasteiger partial charge in [-0.15, -0.1) is 0 Å². The Bertz CT molecular complexity index is 1470. The number of anilines is 2. The Kier molecular flexibility index (Phi) is 10.6. The van der Waals surface area contributed by atoms with Crippen molar-refractivity contribution in [3.05, 3.63) is 99.8 Å². The summed E-state index contributed by atoms with van der Waals surface area (Å²) >= 11 is 6.56. The number of amidine groups is 1. The number of carbonyl (C=O) groups is 2. The van der Waals surface area contributed by atoms with Crippen molar-refractivity contribution in [2.75, 3.05) is 10.6 Å². The fourth-order valence-electron chi connectivity index (χ4n) is 4.22.